The SMILES string of the molecule is c1ccc(N(c2ccccc2)c2ccc3c(c2)c2cc(N(c4ccccc4)c4ccccc4)ccc2n3-c2c3ccccc3cc3ccccc23)cc1. The van der Waals surface area contributed by atoms with Crippen molar-refractivity contribution in [1.82, 2.24) is 4.57 Å². The molecule has 0 unspecified atom stereocenters. The quantitative estimate of drug-likeness (QED) is 0.156. The zero-order valence-corrected chi connectivity index (χ0v) is 29.0. The molecule has 3 heteroatoms. The van der Waals surface area contributed by atoms with Crippen LogP contribution in [0.15, 0.2) is 212 Å². The Labute approximate surface area is 308 Å². The molecule has 0 N–H and O–H groups in total. The summed E-state index contributed by atoms with van der Waals surface area (Å²) < 4.78 is 2.49. The number of aromatic nitrogens is 1. The highest BCUT2D eigenvalue weighted by Crippen LogP contribution is 2.44. The van der Waals surface area contributed by atoms with Gasteiger partial charge < -0.3 is 14.4 Å². The summed E-state index contributed by atoms with van der Waals surface area (Å²) in [6.45, 7) is 0. The molecule has 0 aliphatic heterocycles. The lowest BCUT2D eigenvalue weighted by Crippen LogP contribution is -2.09. The molecule has 0 amide bonds. The van der Waals surface area contributed by atoms with E-state index in [1.54, 1.807) is 0 Å². The minimum atomic E-state index is 1.10. The molecule has 0 radical (unpaired) electrons. The average molecular weight is 678 g/mol. The molecule has 0 bridgehead atoms. The number of para-hydroxylation sites is 4. The molecule has 0 aliphatic rings. The fourth-order valence-corrected chi connectivity index (χ4v) is 7.95. The molecule has 1 aromatic heterocycles. The molecule has 3 nitrogen and oxygen atoms in total. The number of hydrogen-bond donors (Lipinski definition) is 0. The average Bonchev–Trinajstić information content (AvgIpc) is 3.54. The molecule has 10 aromatic rings. The maximum atomic E-state index is 2.49. The summed E-state index contributed by atoms with van der Waals surface area (Å²) in [7, 11) is 0. The van der Waals surface area contributed by atoms with Gasteiger partial charge >= 0.3 is 0 Å². The predicted octanol–water partition coefficient (Wildman–Crippen LogP) is 14.0. The van der Waals surface area contributed by atoms with Gasteiger partial charge in [-0.15, -0.1) is 0 Å². The Morgan fingerprint density at radius 3 is 0.981 bits per heavy atom. The number of hydrogen-bond acceptors (Lipinski definition) is 2. The molecule has 0 saturated carbocycles. The van der Waals surface area contributed by atoms with E-state index in [9.17, 15) is 0 Å². The summed E-state index contributed by atoms with van der Waals surface area (Å²) in [6, 6.07) is 76.4. The summed E-state index contributed by atoms with van der Waals surface area (Å²) in [5.74, 6) is 0. The van der Waals surface area contributed by atoms with E-state index in [2.05, 4.69) is 227 Å². The Morgan fingerprint density at radius 1 is 0.264 bits per heavy atom. The normalized spacial score (nSPS) is 11.4. The van der Waals surface area contributed by atoms with Crippen LogP contribution in [-0.2, 0) is 0 Å². The summed E-state index contributed by atoms with van der Waals surface area (Å²) in [4.78, 5) is 4.69. The molecule has 0 atom stereocenters. The van der Waals surface area contributed by atoms with Crippen molar-refractivity contribution in [2.75, 3.05) is 9.80 Å². The maximum Gasteiger partial charge on any atom is 0.0618 e. The summed E-state index contributed by atoms with van der Waals surface area (Å²) in [5.41, 5.74) is 10.2. The Kier molecular flexibility index (Phi) is 7.47. The molecule has 9 aromatic carbocycles. The van der Waals surface area contributed by atoms with Gasteiger partial charge in [0.2, 0.25) is 0 Å². The zero-order chi connectivity index (χ0) is 35.1. The highest BCUT2D eigenvalue weighted by Gasteiger charge is 2.21. The zero-order valence-electron chi connectivity index (χ0n) is 29.0. The first-order valence-corrected chi connectivity index (χ1v) is 18.1. The van der Waals surface area contributed by atoms with Gasteiger partial charge in [0.25, 0.3) is 0 Å². The smallest absolute Gasteiger partial charge is 0.0618 e. The number of rotatable bonds is 7. The van der Waals surface area contributed by atoms with Gasteiger partial charge in [0.1, 0.15) is 0 Å². The largest absolute Gasteiger partial charge is 0.310 e. The highest BCUT2D eigenvalue weighted by atomic mass is 15.1. The van der Waals surface area contributed by atoms with Crippen LogP contribution in [0, 0.1) is 0 Å². The minimum absolute atomic E-state index is 1.10. The molecular formula is C50H35N3. The first-order chi connectivity index (χ1) is 26.3. The number of nitrogens with zero attached hydrogens (tertiary/aromatic N) is 3. The third kappa shape index (κ3) is 5.30. The van der Waals surface area contributed by atoms with Crippen molar-refractivity contribution in [3.63, 3.8) is 0 Å². The third-order valence-corrected chi connectivity index (χ3v) is 10.3. The van der Waals surface area contributed by atoms with E-state index in [1.807, 2.05) is 0 Å². The van der Waals surface area contributed by atoms with Crippen LogP contribution in [0.2, 0.25) is 0 Å². The van der Waals surface area contributed by atoms with E-state index >= 15 is 0 Å². The standard InChI is InChI=1S/C50H35N3/c1-5-19-38(20-6-1)51(39-21-7-2-8-22-39)42-29-31-48-46(34-42)47-35-43(52(40-23-9-3-10-24-40)41-25-11-4-12-26-41)30-32-49(47)53(48)50-44-27-15-13-17-36(44)33-37-18-14-16-28-45(37)50/h1-35H. The van der Waals surface area contributed by atoms with Gasteiger partial charge in [-0.25, -0.2) is 0 Å². The lowest BCUT2D eigenvalue weighted by Gasteiger charge is -2.26. The van der Waals surface area contributed by atoms with E-state index in [-0.39, 0.29) is 0 Å². The van der Waals surface area contributed by atoms with Crippen LogP contribution in [0.4, 0.5) is 34.1 Å². The van der Waals surface area contributed by atoms with Crippen LogP contribution in [0.3, 0.4) is 0 Å². The van der Waals surface area contributed by atoms with Gasteiger partial charge in [-0.1, -0.05) is 121 Å². The van der Waals surface area contributed by atoms with Crippen molar-refractivity contribution in [2.45, 2.75) is 0 Å². The van der Waals surface area contributed by atoms with Crippen molar-refractivity contribution in [3.8, 4) is 5.69 Å². The monoisotopic (exact) mass is 677 g/mol. The van der Waals surface area contributed by atoms with Crippen LogP contribution >= 0.6 is 0 Å². The van der Waals surface area contributed by atoms with Gasteiger partial charge in [-0.05, 0) is 102 Å². The van der Waals surface area contributed by atoms with Crippen LogP contribution in [0.1, 0.15) is 0 Å². The van der Waals surface area contributed by atoms with Crippen molar-refractivity contribution < 1.29 is 0 Å². The Balaban J connectivity index is 1.30. The second-order valence-electron chi connectivity index (χ2n) is 13.4. The molecule has 250 valence electrons. The second-order valence-corrected chi connectivity index (χ2v) is 13.4. The molecule has 0 saturated heterocycles. The Bertz CT molecular complexity index is 2610. The molecule has 1 heterocycles. The van der Waals surface area contributed by atoms with E-state index < -0.39 is 0 Å². The van der Waals surface area contributed by atoms with Gasteiger partial charge in [0.15, 0.2) is 0 Å². The molecule has 10 rings (SSSR count). The fraction of sp³-hybridized carbons (Fsp3) is 0. The minimum Gasteiger partial charge on any atom is -0.310 e. The molecule has 53 heavy (non-hydrogen) atoms. The maximum absolute atomic E-state index is 2.49. The van der Waals surface area contributed by atoms with E-state index in [0.29, 0.717) is 0 Å². The van der Waals surface area contributed by atoms with E-state index in [0.717, 1.165) is 45.2 Å². The van der Waals surface area contributed by atoms with Crippen molar-refractivity contribution in [2.24, 2.45) is 0 Å². The second kappa shape index (κ2) is 12.9. The summed E-state index contributed by atoms with van der Waals surface area (Å²) in [6.07, 6.45) is 0. The predicted molar refractivity (Wildman–Crippen MR) is 225 cm³/mol. The summed E-state index contributed by atoms with van der Waals surface area (Å²) >= 11 is 0. The van der Waals surface area contributed by atoms with Crippen LogP contribution in [0.25, 0.3) is 49.0 Å². The van der Waals surface area contributed by atoms with Gasteiger partial charge in [-0.2, -0.15) is 0 Å². The summed E-state index contributed by atoms with van der Waals surface area (Å²) in [5, 5.41) is 7.28. The molecule has 0 aliphatic carbocycles. The van der Waals surface area contributed by atoms with E-state index in [4.69, 9.17) is 0 Å². The molecule has 0 spiro atoms. The van der Waals surface area contributed by atoms with Crippen molar-refractivity contribution in [3.05, 3.63) is 212 Å². The highest BCUT2D eigenvalue weighted by molar-refractivity contribution is 6.16. The van der Waals surface area contributed by atoms with Crippen molar-refractivity contribution in [1.29, 1.82) is 0 Å². The van der Waals surface area contributed by atoms with Crippen LogP contribution in [-0.4, -0.2) is 4.57 Å². The van der Waals surface area contributed by atoms with Crippen LogP contribution < -0.4 is 9.80 Å². The Morgan fingerprint density at radius 2 is 0.604 bits per heavy atom. The topological polar surface area (TPSA) is 11.4 Å². The Hall–Kier alpha value is -7.10. The third-order valence-electron chi connectivity index (χ3n) is 10.3. The van der Waals surface area contributed by atoms with Gasteiger partial charge in [-0.3, -0.25) is 0 Å². The van der Waals surface area contributed by atoms with E-state index in [1.165, 1.54) is 38.0 Å². The number of anilines is 6. The lowest BCUT2D eigenvalue weighted by atomic mass is 10.0. The molecular weight excluding hydrogens is 643 g/mol. The van der Waals surface area contributed by atoms with Gasteiger partial charge in [0.05, 0.1) is 16.7 Å². The van der Waals surface area contributed by atoms with Gasteiger partial charge in [0, 0.05) is 55.7 Å². The fourth-order valence-electron chi connectivity index (χ4n) is 7.95. The van der Waals surface area contributed by atoms with Crippen LogP contribution in [0.5, 0.6) is 0 Å². The first kappa shape index (κ1) is 30.7. The lowest BCUT2D eigenvalue weighted by molar-refractivity contribution is 1.21. The first-order valence-electron chi connectivity index (χ1n) is 18.1. The molecule has 0 fully saturated rings. The van der Waals surface area contributed by atoms with Crippen molar-refractivity contribution >= 4 is 77.5 Å². The number of benzene rings is 9. The number of fused-ring (bicyclic) bond motifs is 5.